The summed E-state index contributed by atoms with van der Waals surface area (Å²) in [5.74, 6) is 0.857. The quantitative estimate of drug-likeness (QED) is 0.0222. The molecule has 0 aliphatic rings. The number of esters is 4. The summed E-state index contributed by atoms with van der Waals surface area (Å²) in [6, 6.07) is 0. The van der Waals surface area contributed by atoms with Gasteiger partial charge in [-0.1, -0.05) is 312 Å². The van der Waals surface area contributed by atoms with Crippen molar-refractivity contribution in [3.8, 4) is 0 Å². The van der Waals surface area contributed by atoms with Crippen LogP contribution in [0.2, 0.25) is 0 Å². The number of aliphatic hydroxyl groups excluding tert-OH is 1. The van der Waals surface area contributed by atoms with Gasteiger partial charge in [0.15, 0.2) is 12.2 Å². The van der Waals surface area contributed by atoms with Gasteiger partial charge in [0.05, 0.1) is 26.4 Å². The van der Waals surface area contributed by atoms with Gasteiger partial charge in [-0.15, -0.1) is 0 Å². The Morgan fingerprint density at radius 2 is 0.457 bits per heavy atom. The molecule has 546 valence electrons. The highest BCUT2D eigenvalue weighted by Crippen LogP contribution is 2.45. The average molecular weight is 1350 g/mol. The Morgan fingerprint density at radius 3 is 0.674 bits per heavy atom. The molecule has 0 aromatic carbocycles. The standard InChI is InChI=1S/C73H142O17P2/c1-63(2)49-41-33-25-19-14-10-9-11-16-22-28-37-45-53-70(75)83-59-68(89-73(78)56-48-40-30-24-18-21-27-35-43-51-65(5)6)61-87-91(79,80)85-57-67(74)58-86-92(81,82)88-62-69(60-84-71(76)54-46-38-32-31-36-44-52-66(7)8)90-72(77)55-47-39-29-23-17-13-12-15-20-26-34-42-50-64(3)4/h63-69,74H,9-62H2,1-8H3,(H,79,80)(H,81,82)/t67-,68-,69-/m1/s1. The van der Waals surface area contributed by atoms with Crippen LogP contribution in [0.3, 0.4) is 0 Å². The third-order valence-corrected chi connectivity index (χ3v) is 18.7. The first-order valence-corrected chi connectivity index (χ1v) is 40.7. The van der Waals surface area contributed by atoms with E-state index in [0.717, 1.165) is 114 Å². The average Bonchev–Trinajstić information content (AvgIpc) is 2.40. The van der Waals surface area contributed by atoms with E-state index in [0.29, 0.717) is 31.6 Å². The lowest BCUT2D eigenvalue weighted by molar-refractivity contribution is -0.161. The van der Waals surface area contributed by atoms with E-state index in [4.69, 9.17) is 37.0 Å². The molecule has 0 spiro atoms. The van der Waals surface area contributed by atoms with Gasteiger partial charge in [-0.3, -0.25) is 37.3 Å². The molecule has 0 rings (SSSR count). The Hall–Kier alpha value is -1.94. The predicted octanol–water partition coefficient (Wildman–Crippen LogP) is 20.9. The number of rotatable bonds is 70. The van der Waals surface area contributed by atoms with E-state index in [9.17, 15) is 43.2 Å². The molecule has 0 aromatic rings. The minimum atomic E-state index is -4.95. The molecule has 0 aliphatic heterocycles. The largest absolute Gasteiger partial charge is 0.472 e. The molecule has 0 radical (unpaired) electrons. The Labute approximate surface area is 562 Å². The van der Waals surface area contributed by atoms with Crippen molar-refractivity contribution in [3.05, 3.63) is 0 Å². The fraction of sp³-hybridized carbons (Fsp3) is 0.945. The highest BCUT2D eigenvalue weighted by molar-refractivity contribution is 7.47. The van der Waals surface area contributed by atoms with E-state index < -0.39 is 97.5 Å². The highest BCUT2D eigenvalue weighted by atomic mass is 31.2. The van der Waals surface area contributed by atoms with Gasteiger partial charge in [0, 0.05) is 25.7 Å². The lowest BCUT2D eigenvalue weighted by Crippen LogP contribution is -2.30. The van der Waals surface area contributed by atoms with Crippen molar-refractivity contribution in [2.45, 2.75) is 382 Å². The predicted molar refractivity (Wildman–Crippen MR) is 372 cm³/mol. The van der Waals surface area contributed by atoms with Crippen molar-refractivity contribution in [2.24, 2.45) is 23.7 Å². The van der Waals surface area contributed by atoms with Crippen LogP contribution in [0.4, 0.5) is 0 Å². The Bertz CT molecular complexity index is 1820. The summed E-state index contributed by atoms with van der Waals surface area (Å²) < 4.78 is 68.4. The highest BCUT2D eigenvalue weighted by Gasteiger charge is 2.30. The number of carbonyl (C=O) groups is 4. The number of ether oxygens (including phenoxy) is 4. The molecule has 92 heavy (non-hydrogen) atoms. The van der Waals surface area contributed by atoms with Crippen molar-refractivity contribution in [2.75, 3.05) is 39.6 Å². The Kier molecular flexibility index (Phi) is 61.3. The first-order chi connectivity index (χ1) is 44.1. The molecule has 19 heteroatoms. The molecule has 0 aromatic heterocycles. The van der Waals surface area contributed by atoms with Gasteiger partial charge < -0.3 is 33.8 Å². The zero-order valence-electron chi connectivity index (χ0n) is 60.2. The van der Waals surface area contributed by atoms with Gasteiger partial charge in [0.1, 0.15) is 19.3 Å². The zero-order chi connectivity index (χ0) is 68.2. The number of unbranched alkanes of at least 4 members (excludes halogenated alkanes) is 36. The molecule has 0 saturated heterocycles. The van der Waals surface area contributed by atoms with E-state index in [1.54, 1.807) is 0 Å². The summed E-state index contributed by atoms with van der Waals surface area (Å²) in [5.41, 5.74) is 0. The summed E-state index contributed by atoms with van der Waals surface area (Å²) >= 11 is 0. The molecule has 2 unspecified atom stereocenters. The minimum absolute atomic E-state index is 0.105. The number of carbonyl (C=O) groups excluding carboxylic acids is 4. The smallest absolute Gasteiger partial charge is 0.462 e. The van der Waals surface area contributed by atoms with Crippen LogP contribution in [-0.4, -0.2) is 96.7 Å². The summed E-state index contributed by atoms with van der Waals surface area (Å²) in [6.45, 7) is 14.1. The first-order valence-electron chi connectivity index (χ1n) is 37.7. The maximum absolute atomic E-state index is 13.0. The lowest BCUT2D eigenvalue weighted by Gasteiger charge is -2.21. The van der Waals surface area contributed by atoms with Crippen molar-refractivity contribution in [3.63, 3.8) is 0 Å². The second-order valence-electron chi connectivity index (χ2n) is 28.2. The van der Waals surface area contributed by atoms with E-state index >= 15 is 0 Å². The fourth-order valence-electron chi connectivity index (χ4n) is 11.0. The van der Waals surface area contributed by atoms with Crippen LogP contribution >= 0.6 is 15.6 Å². The van der Waals surface area contributed by atoms with Crippen LogP contribution in [-0.2, 0) is 65.4 Å². The lowest BCUT2D eigenvalue weighted by atomic mass is 10.0. The topological polar surface area (TPSA) is 237 Å². The van der Waals surface area contributed by atoms with Gasteiger partial charge >= 0.3 is 39.5 Å². The summed E-state index contributed by atoms with van der Waals surface area (Å²) in [6.07, 6.45) is 45.9. The molecule has 0 heterocycles. The number of hydrogen-bond donors (Lipinski definition) is 3. The zero-order valence-corrected chi connectivity index (χ0v) is 62.0. The van der Waals surface area contributed by atoms with Crippen molar-refractivity contribution < 1.29 is 80.2 Å². The third kappa shape index (κ3) is 66.7. The van der Waals surface area contributed by atoms with Gasteiger partial charge in [-0.2, -0.15) is 0 Å². The number of phosphoric ester groups is 2. The second kappa shape index (κ2) is 62.6. The Morgan fingerprint density at radius 1 is 0.272 bits per heavy atom. The molecule has 0 amide bonds. The van der Waals surface area contributed by atoms with Crippen molar-refractivity contribution in [1.82, 2.24) is 0 Å². The SMILES string of the molecule is CC(C)CCCCCCCCCCCCCCCC(=O)OC[C@H](COP(=O)(O)OC[C@@H](O)COP(=O)(O)OC[C@@H](COC(=O)CCCCCCCCC(C)C)OC(=O)CCCCCCCCCCCCCCC(C)C)OC(=O)CCCCCCCCCCCC(C)C. The summed E-state index contributed by atoms with van der Waals surface area (Å²) in [5, 5.41) is 10.6. The van der Waals surface area contributed by atoms with E-state index in [1.165, 1.54) is 161 Å². The van der Waals surface area contributed by atoms with Crippen LogP contribution in [0.15, 0.2) is 0 Å². The van der Waals surface area contributed by atoms with Gasteiger partial charge in [0.2, 0.25) is 0 Å². The molecule has 0 aliphatic carbocycles. The van der Waals surface area contributed by atoms with Crippen molar-refractivity contribution >= 4 is 39.5 Å². The number of hydrogen-bond acceptors (Lipinski definition) is 15. The van der Waals surface area contributed by atoms with E-state index in [2.05, 4.69) is 55.4 Å². The molecule has 0 saturated carbocycles. The van der Waals surface area contributed by atoms with Crippen LogP contribution < -0.4 is 0 Å². The van der Waals surface area contributed by atoms with Gasteiger partial charge in [-0.25, -0.2) is 9.13 Å². The summed E-state index contributed by atoms with van der Waals surface area (Å²) in [7, 11) is -9.91. The molecule has 5 atom stereocenters. The van der Waals surface area contributed by atoms with E-state index in [1.807, 2.05) is 0 Å². The first kappa shape index (κ1) is 90.1. The Balaban J connectivity index is 5.23. The molecule has 0 fully saturated rings. The van der Waals surface area contributed by atoms with Crippen LogP contribution in [0, 0.1) is 23.7 Å². The molecular weight excluding hydrogens is 1210 g/mol. The maximum Gasteiger partial charge on any atom is 0.472 e. The van der Waals surface area contributed by atoms with Crippen LogP contribution in [0.25, 0.3) is 0 Å². The normalized spacial score (nSPS) is 14.2. The van der Waals surface area contributed by atoms with Gasteiger partial charge in [-0.05, 0) is 49.4 Å². The molecule has 0 bridgehead atoms. The van der Waals surface area contributed by atoms with E-state index in [-0.39, 0.29) is 25.7 Å². The monoisotopic (exact) mass is 1350 g/mol. The molecule has 3 N–H and O–H groups in total. The van der Waals surface area contributed by atoms with Crippen LogP contribution in [0.5, 0.6) is 0 Å². The maximum atomic E-state index is 13.0. The van der Waals surface area contributed by atoms with Gasteiger partial charge in [0.25, 0.3) is 0 Å². The molecule has 17 nitrogen and oxygen atoms in total. The fourth-order valence-corrected chi connectivity index (χ4v) is 12.6. The van der Waals surface area contributed by atoms with Crippen LogP contribution in [0.1, 0.15) is 364 Å². The number of aliphatic hydroxyl groups is 1. The summed E-state index contributed by atoms with van der Waals surface area (Å²) in [4.78, 5) is 72.6. The molecular formula is C73H142O17P2. The third-order valence-electron chi connectivity index (χ3n) is 16.8. The van der Waals surface area contributed by atoms with Crippen molar-refractivity contribution in [1.29, 1.82) is 0 Å². The minimum Gasteiger partial charge on any atom is -0.462 e. The second-order valence-corrected chi connectivity index (χ2v) is 31.1. The number of phosphoric acid groups is 2.